The number of anilines is 1. The lowest BCUT2D eigenvalue weighted by Gasteiger charge is -2.38. The molecule has 2 fully saturated rings. The number of hydrogen-bond acceptors (Lipinski definition) is 5. The molecule has 0 radical (unpaired) electrons. The van der Waals surface area contributed by atoms with Crippen LogP contribution in [0.25, 0.3) is 5.70 Å². The predicted octanol–water partition coefficient (Wildman–Crippen LogP) is 1.32. The summed E-state index contributed by atoms with van der Waals surface area (Å²) in [6, 6.07) is 6.62. The summed E-state index contributed by atoms with van der Waals surface area (Å²) in [6.07, 6.45) is 3.19. The molecule has 3 aliphatic heterocycles. The molecule has 6 nitrogen and oxygen atoms in total. The molecule has 1 aromatic rings. The van der Waals surface area contributed by atoms with Gasteiger partial charge in [0.25, 0.3) is 0 Å². The molecule has 4 aliphatic rings. The number of ether oxygens (including phenoxy) is 2. The average molecular weight is 327 g/mol. The fraction of sp³-hybridized carbons (Fsp3) is 0.500. The lowest BCUT2D eigenvalue weighted by atomic mass is 10.0. The lowest BCUT2D eigenvalue weighted by Crippen LogP contribution is -2.45. The molecule has 0 saturated carbocycles. The Hall–Kier alpha value is -2.05. The Labute approximate surface area is 140 Å². The monoisotopic (exact) mass is 327 g/mol. The molecule has 0 bridgehead atoms. The largest absolute Gasteiger partial charge is 0.371 e. The van der Waals surface area contributed by atoms with Gasteiger partial charge in [-0.3, -0.25) is 15.6 Å². The Balaban J connectivity index is 1.34. The summed E-state index contributed by atoms with van der Waals surface area (Å²) in [7, 11) is 0. The van der Waals surface area contributed by atoms with E-state index in [4.69, 9.17) is 9.47 Å². The van der Waals surface area contributed by atoms with E-state index in [9.17, 15) is 4.79 Å². The summed E-state index contributed by atoms with van der Waals surface area (Å²) in [6.45, 7) is 3.33. The highest BCUT2D eigenvalue weighted by atomic mass is 16.7. The van der Waals surface area contributed by atoms with Crippen LogP contribution in [-0.2, 0) is 20.7 Å². The maximum atomic E-state index is 11.6. The van der Waals surface area contributed by atoms with Gasteiger partial charge in [0, 0.05) is 37.2 Å². The van der Waals surface area contributed by atoms with Gasteiger partial charge in [-0.25, -0.2) is 0 Å². The SMILES string of the molecule is O=C1CC2=C(NN1)c1ccc(N3CCC4(CC3)OCCO4)cc1C2. The number of piperidine rings is 1. The molecule has 126 valence electrons. The molecule has 0 aromatic heterocycles. The van der Waals surface area contributed by atoms with E-state index < -0.39 is 0 Å². The first-order valence-electron chi connectivity index (χ1n) is 8.66. The van der Waals surface area contributed by atoms with Gasteiger partial charge in [0.2, 0.25) is 5.91 Å². The molecule has 2 saturated heterocycles. The van der Waals surface area contributed by atoms with Crippen LogP contribution in [0.5, 0.6) is 0 Å². The van der Waals surface area contributed by atoms with E-state index in [2.05, 4.69) is 34.0 Å². The number of rotatable bonds is 1. The molecule has 5 rings (SSSR count). The molecule has 3 heterocycles. The van der Waals surface area contributed by atoms with Crippen LogP contribution in [0.15, 0.2) is 23.8 Å². The summed E-state index contributed by atoms with van der Waals surface area (Å²) in [4.78, 5) is 14.0. The smallest absolute Gasteiger partial charge is 0.242 e. The van der Waals surface area contributed by atoms with Crippen LogP contribution in [0, 0.1) is 0 Å². The Morgan fingerprint density at radius 2 is 1.83 bits per heavy atom. The third-order valence-corrected chi connectivity index (χ3v) is 5.52. The normalized spacial score (nSPS) is 24.7. The average Bonchev–Trinajstić information content (AvgIpc) is 3.19. The summed E-state index contributed by atoms with van der Waals surface area (Å²) in [5.74, 6) is -0.288. The van der Waals surface area contributed by atoms with Gasteiger partial charge in [-0.05, 0) is 29.7 Å². The standard InChI is InChI=1S/C18H21N3O3/c22-16-11-13-9-12-10-14(1-2-15(12)17(13)20-19-16)21-5-3-18(4-6-21)23-7-8-24-18/h1-2,10,20H,3-9,11H2,(H,19,22). The Bertz CT molecular complexity index is 727. The number of carbonyl (C=O) groups is 1. The van der Waals surface area contributed by atoms with Crippen molar-refractivity contribution in [3.8, 4) is 0 Å². The number of nitrogens with zero attached hydrogens (tertiary/aromatic N) is 1. The van der Waals surface area contributed by atoms with Crippen molar-refractivity contribution in [3.05, 3.63) is 34.9 Å². The van der Waals surface area contributed by atoms with E-state index in [1.807, 2.05) is 0 Å². The maximum absolute atomic E-state index is 11.6. The zero-order valence-electron chi connectivity index (χ0n) is 13.6. The molecule has 1 amide bonds. The zero-order chi connectivity index (χ0) is 16.1. The minimum Gasteiger partial charge on any atom is -0.371 e. The predicted molar refractivity (Wildman–Crippen MR) is 89.0 cm³/mol. The first-order valence-corrected chi connectivity index (χ1v) is 8.66. The number of amides is 1. The highest BCUT2D eigenvalue weighted by Crippen LogP contribution is 2.38. The molecule has 0 unspecified atom stereocenters. The molecular formula is C18H21N3O3. The minimum atomic E-state index is -0.330. The van der Waals surface area contributed by atoms with Gasteiger partial charge in [0.1, 0.15) is 0 Å². The highest BCUT2D eigenvalue weighted by molar-refractivity contribution is 5.89. The van der Waals surface area contributed by atoms with Crippen LogP contribution in [-0.4, -0.2) is 38.0 Å². The van der Waals surface area contributed by atoms with E-state index >= 15 is 0 Å². The summed E-state index contributed by atoms with van der Waals surface area (Å²) in [5, 5.41) is 0. The van der Waals surface area contributed by atoms with Gasteiger partial charge >= 0.3 is 0 Å². The number of fused-ring (bicyclic) bond motifs is 2. The summed E-state index contributed by atoms with van der Waals surface area (Å²) in [5.41, 5.74) is 11.8. The van der Waals surface area contributed by atoms with Gasteiger partial charge in [0.15, 0.2) is 5.79 Å². The van der Waals surface area contributed by atoms with Crippen LogP contribution in [0.2, 0.25) is 0 Å². The third kappa shape index (κ3) is 2.21. The number of hydrogen-bond donors (Lipinski definition) is 2. The van der Waals surface area contributed by atoms with Gasteiger partial charge in [-0.2, -0.15) is 0 Å². The van der Waals surface area contributed by atoms with Crippen molar-refractivity contribution in [2.24, 2.45) is 0 Å². The van der Waals surface area contributed by atoms with Crippen molar-refractivity contribution in [3.63, 3.8) is 0 Å². The molecule has 1 spiro atoms. The molecule has 24 heavy (non-hydrogen) atoms. The summed E-state index contributed by atoms with van der Waals surface area (Å²) < 4.78 is 11.6. The number of benzene rings is 1. The maximum Gasteiger partial charge on any atom is 0.242 e. The Morgan fingerprint density at radius 3 is 2.62 bits per heavy atom. The van der Waals surface area contributed by atoms with E-state index in [1.165, 1.54) is 22.4 Å². The number of carbonyl (C=O) groups excluding carboxylic acids is 1. The van der Waals surface area contributed by atoms with Crippen molar-refractivity contribution in [1.82, 2.24) is 10.9 Å². The highest BCUT2D eigenvalue weighted by Gasteiger charge is 2.40. The van der Waals surface area contributed by atoms with Crippen LogP contribution in [0.3, 0.4) is 0 Å². The topological polar surface area (TPSA) is 62.8 Å². The number of hydrazine groups is 1. The minimum absolute atomic E-state index is 0.0414. The zero-order valence-corrected chi connectivity index (χ0v) is 13.6. The van der Waals surface area contributed by atoms with E-state index in [-0.39, 0.29) is 11.7 Å². The van der Waals surface area contributed by atoms with Gasteiger partial charge in [0.05, 0.1) is 25.3 Å². The van der Waals surface area contributed by atoms with Gasteiger partial charge < -0.3 is 14.4 Å². The molecule has 1 aliphatic carbocycles. The number of nitrogens with one attached hydrogen (secondary N) is 2. The fourth-order valence-corrected chi connectivity index (χ4v) is 4.24. The fourth-order valence-electron chi connectivity index (χ4n) is 4.24. The third-order valence-electron chi connectivity index (χ3n) is 5.52. The molecule has 2 N–H and O–H groups in total. The van der Waals surface area contributed by atoms with Crippen molar-refractivity contribution in [1.29, 1.82) is 0 Å². The van der Waals surface area contributed by atoms with Crippen molar-refractivity contribution < 1.29 is 14.3 Å². The van der Waals surface area contributed by atoms with Crippen LogP contribution >= 0.6 is 0 Å². The van der Waals surface area contributed by atoms with Gasteiger partial charge in [-0.1, -0.05) is 6.07 Å². The summed E-state index contributed by atoms with van der Waals surface area (Å²) >= 11 is 0. The van der Waals surface area contributed by atoms with E-state index in [1.54, 1.807) is 0 Å². The molecule has 6 heteroatoms. The molecule has 1 aromatic carbocycles. The molecular weight excluding hydrogens is 306 g/mol. The quantitative estimate of drug-likeness (QED) is 0.815. The first-order chi connectivity index (χ1) is 11.7. The molecule has 0 atom stereocenters. The lowest BCUT2D eigenvalue weighted by molar-refractivity contribution is -0.169. The van der Waals surface area contributed by atoms with Crippen LogP contribution < -0.4 is 15.8 Å². The van der Waals surface area contributed by atoms with E-state index in [0.717, 1.165) is 51.3 Å². The van der Waals surface area contributed by atoms with Crippen LogP contribution in [0.1, 0.15) is 30.4 Å². The Kier molecular flexibility index (Phi) is 3.11. The van der Waals surface area contributed by atoms with Crippen LogP contribution in [0.4, 0.5) is 5.69 Å². The second-order valence-electron chi connectivity index (χ2n) is 6.94. The van der Waals surface area contributed by atoms with E-state index in [0.29, 0.717) is 6.42 Å². The van der Waals surface area contributed by atoms with Crippen molar-refractivity contribution in [2.75, 3.05) is 31.2 Å². The first kappa shape index (κ1) is 14.3. The van der Waals surface area contributed by atoms with Crippen molar-refractivity contribution >= 4 is 17.3 Å². The second kappa shape index (κ2) is 5.22. The van der Waals surface area contributed by atoms with Gasteiger partial charge in [-0.15, -0.1) is 0 Å². The second-order valence-corrected chi connectivity index (χ2v) is 6.94. The Morgan fingerprint density at radius 1 is 1.04 bits per heavy atom. The van der Waals surface area contributed by atoms with Crippen molar-refractivity contribution in [2.45, 2.75) is 31.5 Å².